The third-order valence-electron chi connectivity index (χ3n) is 3.79. The van der Waals surface area contributed by atoms with Gasteiger partial charge in [-0.3, -0.25) is 14.4 Å². The number of carbonyl (C=O) groups is 3. The number of aliphatic carboxylic acids is 1. The van der Waals surface area contributed by atoms with Crippen LogP contribution >= 0.6 is 0 Å². The molecule has 0 aliphatic heterocycles. The highest BCUT2D eigenvalue weighted by Gasteiger charge is 2.18. The molecule has 0 aromatic heterocycles. The molecule has 0 radical (unpaired) electrons. The quantitative estimate of drug-likeness (QED) is 0.711. The van der Waals surface area contributed by atoms with Crippen molar-refractivity contribution in [3.05, 3.63) is 35.9 Å². The number of carboxylic acid groups (broad SMARTS) is 1. The summed E-state index contributed by atoms with van der Waals surface area (Å²) in [4.78, 5) is 38.3. The first kappa shape index (κ1) is 19.7. The summed E-state index contributed by atoms with van der Waals surface area (Å²) in [6.45, 7) is 5.07. The topological polar surface area (TPSA) is 77.9 Å². The third kappa shape index (κ3) is 6.81. The molecule has 6 nitrogen and oxygen atoms in total. The van der Waals surface area contributed by atoms with Gasteiger partial charge in [-0.25, -0.2) is 0 Å². The van der Waals surface area contributed by atoms with Crippen LogP contribution in [0.1, 0.15) is 38.7 Å². The third-order valence-corrected chi connectivity index (χ3v) is 3.79. The molecule has 0 bridgehead atoms. The number of rotatable bonds is 10. The van der Waals surface area contributed by atoms with Crippen LogP contribution in [-0.2, 0) is 20.9 Å². The second-order valence-corrected chi connectivity index (χ2v) is 5.55. The Kier molecular flexibility index (Phi) is 8.54. The van der Waals surface area contributed by atoms with Gasteiger partial charge in [0.15, 0.2) is 0 Å². The largest absolute Gasteiger partial charge is 0.480 e. The number of benzene rings is 1. The highest BCUT2D eigenvalue weighted by molar-refractivity contribution is 5.82. The van der Waals surface area contributed by atoms with E-state index in [0.29, 0.717) is 25.9 Å². The minimum Gasteiger partial charge on any atom is -0.480 e. The Balaban J connectivity index is 2.55. The summed E-state index contributed by atoms with van der Waals surface area (Å²) in [7, 11) is 0. The van der Waals surface area contributed by atoms with Crippen LogP contribution in [0.4, 0.5) is 0 Å². The van der Waals surface area contributed by atoms with E-state index in [-0.39, 0.29) is 31.3 Å². The molecule has 24 heavy (non-hydrogen) atoms. The van der Waals surface area contributed by atoms with E-state index in [4.69, 9.17) is 5.11 Å². The first-order valence-electron chi connectivity index (χ1n) is 8.29. The molecule has 0 atom stereocenters. The van der Waals surface area contributed by atoms with Crippen LogP contribution in [-0.4, -0.2) is 52.3 Å². The van der Waals surface area contributed by atoms with E-state index in [1.54, 1.807) is 4.90 Å². The van der Waals surface area contributed by atoms with Crippen LogP contribution in [0.5, 0.6) is 0 Å². The van der Waals surface area contributed by atoms with E-state index in [9.17, 15) is 14.4 Å². The van der Waals surface area contributed by atoms with Gasteiger partial charge < -0.3 is 14.9 Å². The maximum absolute atomic E-state index is 12.3. The Morgan fingerprint density at radius 3 is 1.96 bits per heavy atom. The Labute approximate surface area is 143 Å². The lowest BCUT2D eigenvalue weighted by molar-refractivity contribution is -0.145. The Morgan fingerprint density at radius 2 is 1.46 bits per heavy atom. The number of hydrogen-bond donors (Lipinski definition) is 1. The molecule has 0 aliphatic rings. The van der Waals surface area contributed by atoms with Gasteiger partial charge >= 0.3 is 5.97 Å². The van der Waals surface area contributed by atoms with Crippen LogP contribution in [0.25, 0.3) is 0 Å². The summed E-state index contributed by atoms with van der Waals surface area (Å²) in [5.74, 6) is -1.26. The first-order chi connectivity index (χ1) is 11.5. The SMILES string of the molecule is CCN(CC)C(=O)CCCC(=O)N(CC(=O)O)Cc1ccccc1. The van der Waals surface area contributed by atoms with E-state index >= 15 is 0 Å². The molecule has 1 rings (SSSR count). The summed E-state index contributed by atoms with van der Waals surface area (Å²) in [5.41, 5.74) is 0.881. The van der Waals surface area contributed by atoms with Gasteiger partial charge in [0, 0.05) is 32.5 Å². The number of carboxylic acids is 1. The fraction of sp³-hybridized carbons (Fsp3) is 0.500. The molecular weight excluding hydrogens is 308 g/mol. The van der Waals surface area contributed by atoms with Crippen molar-refractivity contribution < 1.29 is 19.5 Å². The predicted molar refractivity (Wildman–Crippen MR) is 91.3 cm³/mol. The van der Waals surface area contributed by atoms with Gasteiger partial charge in [0.05, 0.1) is 0 Å². The fourth-order valence-electron chi connectivity index (χ4n) is 2.48. The van der Waals surface area contributed by atoms with E-state index in [2.05, 4.69) is 0 Å². The summed E-state index contributed by atoms with van der Waals surface area (Å²) in [6, 6.07) is 9.27. The van der Waals surface area contributed by atoms with Crippen LogP contribution < -0.4 is 0 Å². The van der Waals surface area contributed by atoms with E-state index < -0.39 is 5.97 Å². The molecule has 1 aromatic carbocycles. The maximum atomic E-state index is 12.3. The minimum absolute atomic E-state index is 0.0284. The molecule has 0 fully saturated rings. The van der Waals surface area contributed by atoms with Crippen LogP contribution in [0.3, 0.4) is 0 Å². The molecule has 1 N–H and O–H groups in total. The molecule has 1 aromatic rings. The average Bonchev–Trinajstić information content (AvgIpc) is 2.56. The smallest absolute Gasteiger partial charge is 0.323 e. The minimum atomic E-state index is -1.04. The van der Waals surface area contributed by atoms with Crippen molar-refractivity contribution in [3.63, 3.8) is 0 Å². The van der Waals surface area contributed by atoms with E-state index in [1.165, 1.54) is 4.90 Å². The van der Waals surface area contributed by atoms with Crippen molar-refractivity contribution in [3.8, 4) is 0 Å². The second-order valence-electron chi connectivity index (χ2n) is 5.55. The van der Waals surface area contributed by atoms with Crippen molar-refractivity contribution in [2.75, 3.05) is 19.6 Å². The zero-order valence-corrected chi connectivity index (χ0v) is 14.4. The van der Waals surface area contributed by atoms with Crippen LogP contribution in [0.2, 0.25) is 0 Å². The maximum Gasteiger partial charge on any atom is 0.323 e. The number of amides is 2. The molecule has 0 heterocycles. The summed E-state index contributed by atoms with van der Waals surface area (Å²) < 4.78 is 0. The Morgan fingerprint density at radius 1 is 0.917 bits per heavy atom. The monoisotopic (exact) mass is 334 g/mol. The number of nitrogens with zero attached hydrogens (tertiary/aromatic N) is 2. The van der Waals surface area contributed by atoms with E-state index in [0.717, 1.165) is 5.56 Å². The highest BCUT2D eigenvalue weighted by atomic mass is 16.4. The molecule has 0 saturated heterocycles. The lowest BCUT2D eigenvalue weighted by Crippen LogP contribution is -2.35. The van der Waals surface area contributed by atoms with Gasteiger partial charge in [-0.15, -0.1) is 0 Å². The van der Waals surface area contributed by atoms with Crippen LogP contribution in [0.15, 0.2) is 30.3 Å². The normalized spacial score (nSPS) is 10.2. The van der Waals surface area contributed by atoms with Gasteiger partial charge in [0.25, 0.3) is 0 Å². The predicted octanol–water partition coefficient (Wildman–Crippen LogP) is 2.14. The molecule has 0 saturated carbocycles. The lowest BCUT2D eigenvalue weighted by atomic mass is 10.1. The molecule has 6 heteroatoms. The van der Waals surface area contributed by atoms with E-state index in [1.807, 2.05) is 44.2 Å². The molecular formula is C18H26N2O4. The standard InChI is InChI=1S/C18H26N2O4/c1-3-19(4-2)16(21)11-8-12-17(22)20(14-18(23)24)13-15-9-6-5-7-10-15/h5-7,9-10H,3-4,8,11-14H2,1-2H3,(H,23,24). The Bertz CT molecular complexity index is 541. The summed E-state index contributed by atoms with van der Waals surface area (Å²) >= 11 is 0. The van der Waals surface area contributed by atoms with Crippen molar-refractivity contribution in [1.82, 2.24) is 9.80 Å². The molecule has 132 valence electrons. The second kappa shape index (κ2) is 10.4. The lowest BCUT2D eigenvalue weighted by Gasteiger charge is -2.22. The summed E-state index contributed by atoms with van der Waals surface area (Å²) in [5, 5.41) is 9.01. The van der Waals surface area contributed by atoms with Gasteiger partial charge in [-0.05, 0) is 25.8 Å². The van der Waals surface area contributed by atoms with Gasteiger partial charge in [-0.1, -0.05) is 30.3 Å². The first-order valence-corrected chi connectivity index (χ1v) is 8.29. The summed E-state index contributed by atoms with van der Waals surface area (Å²) in [6.07, 6.45) is 0.909. The average molecular weight is 334 g/mol. The zero-order valence-electron chi connectivity index (χ0n) is 14.4. The fourth-order valence-corrected chi connectivity index (χ4v) is 2.48. The molecule has 2 amide bonds. The highest BCUT2D eigenvalue weighted by Crippen LogP contribution is 2.09. The molecule has 0 spiro atoms. The van der Waals surface area contributed by atoms with Crippen molar-refractivity contribution in [1.29, 1.82) is 0 Å². The zero-order chi connectivity index (χ0) is 17.9. The number of hydrogen-bond acceptors (Lipinski definition) is 3. The van der Waals surface area contributed by atoms with Gasteiger partial charge in [-0.2, -0.15) is 0 Å². The number of carbonyl (C=O) groups excluding carboxylic acids is 2. The molecule has 0 unspecified atom stereocenters. The Hall–Kier alpha value is -2.37. The molecule has 0 aliphatic carbocycles. The van der Waals surface area contributed by atoms with Crippen LogP contribution in [0, 0.1) is 0 Å². The van der Waals surface area contributed by atoms with Crippen molar-refractivity contribution >= 4 is 17.8 Å². The van der Waals surface area contributed by atoms with Crippen molar-refractivity contribution in [2.24, 2.45) is 0 Å². The van der Waals surface area contributed by atoms with Gasteiger partial charge in [0.2, 0.25) is 11.8 Å². The van der Waals surface area contributed by atoms with Crippen molar-refractivity contribution in [2.45, 2.75) is 39.7 Å². The van der Waals surface area contributed by atoms with Gasteiger partial charge in [0.1, 0.15) is 6.54 Å².